The molecule has 0 unspecified atom stereocenters. The summed E-state index contributed by atoms with van der Waals surface area (Å²) in [4.78, 5) is 7.72. The number of ether oxygens (including phenoxy) is 2. The van der Waals surface area contributed by atoms with Crippen LogP contribution in [0.5, 0.6) is 11.5 Å². The lowest BCUT2D eigenvalue weighted by Gasteiger charge is -2.00. The molecule has 5 nitrogen and oxygen atoms in total. The highest BCUT2D eigenvalue weighted by molar-refractivity contribution is 5.64. The number of nitrogens with zero attached hydrogens (tertiary/aromatic N) is 1. The van der Waals surface area contributed by atoms with Gasteiger partial charge in [-0.05, 0) is 37.6 Å². The van der Waals surface area contributed by atoms with Crippen LogP contribution in [0.25, 0.3) is 11.3 Å². The molecule has 19 heavy (non-hydrogen) atoms. The van der Waals surface area contributed by atoms with Crippen molar-refractivity contribution in [2.45, 2.75) is 19.3 Å². The molecule has 0 amide bonds. The van der Waals surface area contributed by atoms with E-state index in [2.05, 4.69) is 9.97 Å². The van der Waals surface area contributed by atoms with Crippen molar-refractivity contribution in [1.82, 2.24) is 9.97 Å². The molecule has 0 atom stereocenters. The van der Waals surface area contributed by atoms with Gasteiger partial charge >= 0.3 is 0 Å². The van der Waals surface area contributed by atoms with Gasteiger partial charge in [0.25, 0.3) is 0 Å². The molecule has 1 aromatic carbocycles. The predicted octanol–water partition coefficient (Wildman–Crippen LogP) is 2.09. The second kappa shape index (κ2) is 5.32. The minimum atomic E-state index is 0.298. The average molecular weight is 259 g/mol. The molecular weight excluding hydrogens is 242 g/mol. The van der Waals surface area contributed by atoms with Crippen LogP contribution in [0.1, 0.15) is 18.7 Å². The first-order valence-corrected chi connectivity index (χ1v) is 6.51. The third kappa shape index (κ3) is 2.56. The number of nitrogens with one attached hydrogen (secondary N) is 1. The molecule has 3 N–H and O–H groups in total. The van der Waals surface area contributed by atoms with E-state index in [0.29, 0.717) is 6.79 Å². The van der Waals surface area contributed by atoms with Gasteiger partial charge in [-0.15, -0.1) is 0 Å². The summed E-state index contributed by atoms with van der Waals surface area (Å²) in [5, 5.41) is 0. The molecule has 0 fully saturated rings. The number of hydrogen-bond acceptors (Lipinski definition) is 4. The van der Waals surface area contributed by atoms with Crippen LogP contribution in [0.15, 0.2) is 24.4 Å². The molecule has 1 aromatic heterocycles. The first-order valence-electron chi connectivity index (χ1n) is 6.51. The van der Waals surface area contributed by atoms with Crippen LogP contribution >= 0.6 is 0 Å². The highest BCUT2D eigenvalue weighted by Crippen LogP contribution is 2.35. The topological polar surface area (TPSA) is 73.2 Å². The van der Waals surface area contributed by atoms with Crippen molar-refractivity contribution in [3.8, 4) is 22.8 Å². The van der Waals surface area contributed by atoms with Crippen LogP contribution in [-0.2, 0) is 6.42 Å². The van der Waals surface area contributed by atoms with Gasteiger partial charge in [0.15, 0.2) is 11.5 Å². The highest BCUT2D eigenvalue weighted by Gasteiger charge is 2.14. The Morgan fingerprint density at radius 1 is 1.21 bits per heavy atom. The van der Waals surface area contributed by atoms with Gasteiger partial charge in [-0.1, -0.05) is 0 Å². The van der Waals surface area contributed by atoms with Crippen molar-refractivity contribution in [3.63, 3.8) is 0 Å². The van der Waals surface area contributed by atoms with Crippen LogP contribution in [0.3, 0.4) is 0 Å². The fourth-order valence-electron chi connectivity index (χ4n) is 2.14. The molecule has 2 aromatic rings. The molecule has 0 spiro atoms. The number of fused-ring (bicyclic) bond motifs is 1. The Kier molecular flexibility index (Phi) is 3.37. The Morgan fingerprint density at radius 3 is 3.00 bits per heavy atom. The smallest absolute Gasteiger partial charge is 0.231 e. The molecule has 0 saturated carbocycles. The molecule has 1 aliphatic rings. The number of aromatic nitrogens is 2. The highest BCUT2D eigenvalue weighted by atomic mass is 16.7. The SMILES string of the molecule is NCCCCc1ncc(-c2ccc3c(c2)OCO3)[nH]1. The molecule has 0 saturated heterocycles. The Bertz CT molecular complexity index is 566. The van der Waals surface area contributed by atoms with Gasteiger partial charge in [0.1, 0.15) is 5.82 Å². The van der Waals surface area contributed by atoms with E-state index in [1.54, 1.807) is 0 Å². The number of rotatable bonds is 5. The fraction of sp³-hybridized carbons (Fsp3) is 0.357. The van der Waals surface area contributed by atoms with Crippen molar-refractivity contribution < 1.29 is 9.47 Å². The van der Waals surface area contributed by atoms with Gasteiger partial charge in [0, 0.05) is 12.0 Å². The number of unbranched alkanes of at least 4 members (excludes halogenated alkanes) is 1. The Balaban J connectivity index is 1.75. The largest absolute Gasteiger partial charge is 0.454 e. The van der Waals surface area contributed by atoms with Gasteiger partial charge in [-0.2, -0.15) is 0 Å². The summed E-state index contributed by atoms with van der Waals surface area (Å²) in [6, 6.07) is 5.90. The van der Waals surface area contributed by atoms with Crippen molar-refractivity contribution in [2.24, 2.45) is 5.73 Å². The summed E-state index contributed by atoms with van der Waals surface area (Å²) < 4.78 is 10.7. The molecule has 0 aliphatic carbocycles. The lowest BCUT2D eigenvalue weighted by atomic mass is 10.1. The molecule has 3 rings (SSSR count). The molecule has 5 heteroatoms. The van der Waals surface area contributed by atoms with E-state index in [0.717, 1.165) is 54.4 Å². The number of hydrogen-bond donors (Lipinski definition) is 2. The third-order valence-electron chi connectivity index (χ3n) is 3.18. The standard InChI is InChI=1S/C14H17N3O2/c15-6-2-1-3-14-16-8-11(17-14)10-4-5-12-13(7-10)19-9-18-12/h4-5,7-8H,1-3,6,9,15H2,(H,16,17). The molecule has 0 bridgehead atoms. The van der Waals surface area contributed by atoms with Gasteiger partial charge in [-0.3, -0.25) is 0 Å². The van der Waals surface area contributed by atoms with E-state index < -0.39 is 0 Å². The summed E-state index contributed by atoms with van der Waals surface area (Å²) in [6.45, 7) is 1.03. The number of H-pyrrole nitrogens is 1. The second-order valence-corrected chi connectivity index (χ2v) is 4.56. The summed E-state index contributed by atoms with van der Waals surface area (Å²) in [6.07, 6.45) is 4.88. The second-order valence-electron chi connectivity index (χ2n) is 4.56. The maximum atomic E-state index is 5.48. The van der Waals surface area contributed by atoms with Crippen molar-refractivity contribution in [3.05, 3.63) is 30.2 Å². The summed E-state index contributed by atoms with van der Waals surface area (Å²) in [7, 11) is 0. The minimum absolute atomic E-state index is 0.298. The van der Waals surface area contributed by atoms with Gasteiger partial charge in [-0.25, -0.2) is 4.98 Å². The lowest BCUT2D eigenvalue weighted by Crippen LogP contribution is -1.99. The van der Waals surface area contributed by atoms with E-state index in [9.17, 15) is 0 Å². The molecular formula is C14H17N3O2. The maximum absolute atomic E-state index is 5.48. The van der Waals surface area contributed by atoms with E-state index in [1.165, 1.54) is 0 Å². The zero-order valence-corrected chi connectivity index (χ0v) is 10.7. The van der Waals surface area contributed by atoms with Crippen molar-refractivity contribution >= 4 is 0 Å². The zero-order valence-electron chi connectivity index (χ0n) is 10.7. The van der Waals surface area contributed by atoms with E-state index in [4.69, 9.17) is 15.2 Å². The summed E-state index contributed by atoms with van der Waals surface area (Å²) in [5.74, 6) is 2.59. The number of imidazole rings is 1. The Labute approximate surface area is 111 Å². The maximum Gasteiger partial charge on any atom is 0.231 e. The summed E-state index contributed by atoms with van der Waals surface area (Å²) in [5.41, 5.74) is 7.54. The van der Waals surface area contributed by atoms with Crippen LogP contribution in [0.2, 0.25) is 0 Å². The minimum Gasteiger partial charge on any atom is -0.454 e. The van der Waals surface area contributed by atoms with Crippen LogP contribution in [-0.4, -0.2) is 23.3 Å². The van der Waals surface area contributed by atoms with Crippen LogP contribution in [0.4, 0.5) is 0 Å². The molecule has 0 radical (unpaired) electrons. The molecule has 1 aliphatic heterocycles. The number of aryl methyl sites for hydroxylation is 1. The average Bonchev–Trinajstić information content (AvgIpc) is 3.06. The number of nitrogens with two attached hydrogens (primary N) is 1. The lowest BCUT2D eigenvalue weighted by molar-refractivity contribution is 0.174. The Morgan fingerprint density at radius 2 is 2.11 bits per heavy atom. The van der Waals surface area contributed by atoms with Crippen LogP contribution in [0, 0.1) is 0 Å². The first kappa shape index (κ1) is 12.0. The Hall–Kier alpha value is -2.01. The van der Waals surface area contributed by atoms with Crippen LogP contribution < -0.4 is 15.2 Å². The van der Waals surface area contributed by atoms with Gasteiger partial charge in [0.05, 0.1) is 11.9 Å². The fourth-order valence-corrected chi connectivity index (χ4v) is 2.14. The summed E-state index contributed by atoms with van der Waals surface area (Å²) >= 11 is 0. The van der Waals surface area contributed by atoms with E-state index in [1.807, 2.05) is 24.4 Å². The predicted molar refractivity (Wildman–Crippen MR) is 72.1 cm³/mol. The third-order valence-corrected chi connectivity index (χ3v) is 3.18. The van der Waals surface area contributed by atoms with Gasteiger partial charge in [0.2, 0.25) is 6.79 Å². The monoisotopic (exact) mass is 259 g/mol. The quantitative estimate of drug-likeness (QED) is 0.806. The van der Waals surface area contributed by atoms with Crippen molar-refractivity contribution in [1.29, 1.82) is 0 Å². The first-order chi connectivity index (χ1) is 9.36. The molecule has 100 valence electrons. The van der Waals surface area contributed by atoms with E-state index in [-0.39, 0.29) is 0 Å². The normalized spacial score (nSPS) is 12.9. The van der Waals surface area contributed by atoms with Crippen molar-refractivity contribution in [2.75, 3.05) is 13.3 Å². The van der Waals surface area contributed by atoms with Gasteiger partial charge < -0.3 is 20.2 Å². The molecule has 2 heterocycles. The number of aromatic amines is 1. The zero-order chi connectivity index (χ0) is 13.1. The number of benzene rings is 1. The van der Waals surface area contributed by atoms with E-state index >= 15 is 0 Å².